The van der Waals surface area contributed by atoms with Gasteiger partial charge in [0.25, 0.3) is 0 Å². The van der Waals surface area contributed by atoms with Crippen molar-refractivity contribution in [3.05, 3.63) is 58.6 Å². The predicted octanol–water partition coefficient (Wildman–Crippen LogP) is 4.85. The number of Topliss-reactive ketones (excluding diaryl/α,β-unsaturated/α-hetero) is 1. The van der Waals surface area contributed by atoms with Crippen molar-refractivity contribution in [2.75, 3.05) is 6.61 Å². The molecule has 0 fully saturated rings. The van der Waals surface area contributed by atoms with Crippen molar-refractivity contribution in [2.24, 2.45) is 7.05 Å². The second-order valence-electron chi connectivity index (χ2n) is 7.63. The van der Waals surface area contributed by atoms with Gasteiger partial charge in [-0.3, -0.25) is 4.79 Å². The molecule has 0 aliphatic heterocycles. The summed E-state index contributed by atoms with van der Waals surface area (Å²) in [6.07, 6.45) is 2.20. The van der Waals surface area contributed by atoms with Gasteiger partial charge in [-0.1, -0.05) is 36.8 Å². The van der Waals surface area contributed by atoms with Crippen LogP contribution in [-0.2, 0) is 11.8 Å². The van der Waals surface area contributed by atoms with Crippen LogP contribution in [0, 0.1) is 13.8 Å². The summed E-state index contributed by atoms with van der Waals surface area (Å²) in [6.45, 7) is 6.12. The van der Waals surface area contributed by atoms with Gasteiger partial charge in [0.15, 0.2) is 11.4 Å². The van der Waals surface area contributed by atoms with Crippen LogP contribution in [0.1, 0.15) is 36.0 Å². The highest BCUT2D eigenvalue weighted by atomic mass is 32.1. The number of carbonyl (C=O) groups is 1. The average Bonchev–Trinajstić information content (AvgIpc) is 3.35. The number of fused-ring (bicyclic) bond motifs is 1. The summed E-state index contributed by atoms with van der Waals surface area (Å²) in [6, 6.07) is 10.2. The van der Waals surface area contributed by atoms with E-state index in [0.29, 0.717) is 12.3 Å². The van der Waals surface area contributed by atoms with Gasteiger partial charge < -0.3 is 4.74 Å². The Balaban J connectivity index is 1.47. The van der Waals surface area contributed by atoms with Crippen molar-refractivity contribution in [3.63, 3.8) is 0 Å². The van der Waals surface area contributed by atoms with Crippen molar-refractivity contribution in [1.82, 2.24) is 19.7 Å². The lowest BCUT2D eigenvalue weighted by Crippen LogP contribution is -2.14. The van der Waals surface area contributed by atoms with Gasteiger partial charge in [0.05, 0.1) is 5.39 Å². The molecule has 0 amide bonds. The van der Waals surface area contributed by atoms with Crippen LogP contribution in [0.2, 0.25) is 0 Å². The second kappa shape index (κ2) is 8.36. The van der Waals surface area contributed by atoms with E-state index in [9.17, 15) is 4.79 Å². The Kier molecular flexibility index (Phi) is 5.63. The number of nitrogens with zero attached hydrogens (tertiary/aromatic N) is 4. The Bertz CT molecular complexity index is 1180. The zero-order valence-corrected chi connectivity index (χ0v) is 18.4. The van der Waals surface area contributed by atoms with Crippen LogP contribution >= 0.6 is 11.3 Å². The Morgan fingerprint density at radius 1 is 1.23 bits per heavy atom. The number of hydrogen-bond acceptors (Lipinski definition) is 6. The van der Waals surface area contributed by atoms with E-state index in [2.05, 4.69) is 53.2 Å². The molecule has 7 heteroatoms. The molecule has 0 N–H and O–H groups in total. The molecule has 154 valence electrons. The van der Waals surface area contributed by atoms with Gasteiger partial charge in [-0.05, 0) is 30.9 Å². The number of rotatable bonds is 7. The Morgan fingerprint density at radius 2 is 2.00 bits per heavy atom. The maximum Gasteiger partial charge on any atom is 0.215 e. The van der Waals surface area contributed by atoms with Crippen LogP contribution in [0.15, 0.2) is 41.9 Å². The zero-order chi connectivity index (χ0) is 21.3. The summed E-state index contributed by atoms with van der Waals surface area (Å²) in [5.41, 5.74) is 4.91. The highest BCUT2D eigenvalue weighted by molar-refractivity contribution is 7.13. The zero-order valence-electron chi connectivity index (χ0n) is 17.5. The summed E-state index contributed by atoms with van der Waals surface area (Å²) < 4.78 is 7.48. The van der Waals surface area contributed by atoms with E-state index in [1.54, 1.807) is 22.2 Å². The van der Waals surface area contributed by atoms with Gasteiger partial charge in [0.1, 0.15) is 17.3 Å². The van der Waals surface area contributed by atoms with Gasteiger partial charge in [0.2, 0.25) is 5.88 Å². The van der Waals surface area contributed by atoms with Crippen molar-refractivity contribution in [3.8, 4) is 16.6 Å². The molecule has 0 bridgehead atoms. The molecule has 3 aromatic heterocycles. The van der Waals surface area contributed by atoms with Crippen molar-refractivity contribution < 1.29 is 9.53 Å². The fourth-order valence-corrected chi connectivity index (χ4v) is 4.16. The molecule has 0 spiro atoms. The number of pyridine rings is 1. The fourth-order valence-electron chi connectivity index (χ4n) is 3.53. The van der Waals surface area contributed by atoms with Gasteiger partial charge in [-0.25, -0.2) is 9.67 Å². The molecular formula is C23H24N4O2S. The minimum Gasteiger partial charge on any atom is -0.470 e. The number of benzene rings is 1. The lowest BCUT2D eigenvalue weighted by atomic mass is 9.95. The fraction of sp³-hybridized carbons (Fsp3) is 0.304. The molecule has 0 aliphatic carbocycles. The normalized spacial score (nSPS) is 12.3. The van der Waals surface area contributed by atoms with Gasteiger partial charge >= 0.3 is 0 Å². The molecule has 1 atom stereocenters. The molecular weight excluding hydrogens is 396 g/mol. The molecule has 6 nitrogen and oxygen atoms in total. The van der Waals surface area contributed by atoms with Crippen LogP contribution in [0.5, 0.6) is 5.88 Å². The molecule has 4 aromatic rings. The minimum absolute atomic E-state index is 0.00529. The topological polar surface area (TPSA) is 69.9 Å². The number of ketones is 1. The SMILES string of the molecule is Cc1ccc([C@H](C)CC(=O)COc2cc(C)c3c(-c4nccs4)nn(C)c3n2)cc1. The lowest BCUT2D eigenvalue weighted by molar-refractivity contribution is -0.121. The summed E-state index contributed by atoms with van der Waals surface area (Å²) in [7, 11) is 1.85. The summed E-state index contributed by atoms with van der Waals surface area (Å²) in [5, 5.41) is 8.34. The van der Waals surface area contributed by atoms with E-state index in [1.165, 1.54) is 5.56 Å². The molecule has 0 radical (unpaired) electrons. The molecule has 0 aliphatic rings. The van der Waals surface area contributed by atoms with E-state index >= 15 is 0 Å². The number of thiazole rings is 1. The highest BCUT2D eigenvalue weighted by Gasteiger charge is 2.18. The summed E-state index contributed by atoms with van der Waals surface area (Å²) >= 11 is 1.55. The summed E-state index contributed by atoms with van der Waals surface area (Å²) in [5.74, 6) is 0.637. The predicted molar refractivity (Wildman–Crippen MR) is 119 cm³/mol. The first-order valence-electron chi connectivity index (χ1n) is 9.87. The molecule has 3 heterocycles. The number of aromatic nitrogens is 4. The third-order valence-electron chi connectivity index (χ3n) is 5.16. The van der Waals surface area contributed by atoms with E-state index in [1.807, 2.05) is 25.4 Å². The smallest absolute Gasteiger partial charge is 0.215 e. The number of ether oxygens (including phenoxy) is 1. The second-order valence-corrected chi connectivity index (χ2v) is 8.52. The van der Waals surface area contributed by atoms with Crippen LogP contribution in [-0.4, -0.2) is 32.1 Å². The van der Waals surface area contributed by atoms with E-state index in [-0.39, 0.29) is 18.3 Å². The molecule has 4 rings (SSSR count). The first-order chi connectivity index (χ1) is 14.4. The van der Waals surface area contributed by atoms with Gasteiger partial charge in [0, 0.05) is 31.1 Å². The largest absolute Gasteiger partial charge is 0.470 e. The highest BCUT2D eigenvalue weighted by Crippen LogP contribution is 2.32. The molecule has 0 saturated heterocycles. The van der Waals surface area contributed by atoms with Crippen LogP contribution < -0.4 is 4.74 Å². The minimum atomic E-state index is 0.00529. The molecule has 0 saturated carbocycles. The molecule has 0 unspecified atom stereocenters. The van der Waals surface area contributed by atoms with Gasteiger partial charge in [-0.2, -0.15) is 10.1 Å². The van der Waals surface area contributed by atoms with Crippen molar-refractivity contribution in [1.29, 1.82) is 0 Å². The third kappa shape index (κ3) is 4.11. The monoisotopic (exact) mass is 420 g/mol. The Morgan fingerprint density at radius 3 is 2.70 bits per heavy atom. The standard InChI is InChI=1S/C23H24N4O2S/c1-14-5-7-17(8-6-14)15(2)11-18(28)13-29-19-12-16(3)20-21(23-24-9-10-30-23)26-27(4)22(20)25-19/h5-10,12,15H,11,13H2,1-4H3/t15-/m1/s1. The van der Waals surface area contributed by atoms with Crippen molar-refractivity contribution >= 4 is 28.2 Å². The van der Waals surface area contributed by atoms with Crippen molar-refractivity contribution in [2.45, 2.75) is 33.1 Å². The van der Waals surface area contributed by atoms with Crippen LogP contribution in [0.25, 0.3) is 21.7 Å². The number of aryl methyl sites for hydroxylation is 3. The first-order valence-corrected chi connectivity index (χ1v) is 10.8. The number of carbonyl (C=O) groups excluding carboxylic acids is 1. The molecule has 1 aromatic carbocycles. The quantitative estimate of drug-likeness (QED) is 0.427. The van der Waals surface area contributed by atoms with Crippen LogP contribution in [0.4, 0.5) is 0 Å². The van der Waals surface area contributed by atoms with E-state index in [4.69, 9.17) is 4.74 Å². The lowest BCUT2D eigenvalue weighted by Gasteiger charge is -2.12. The summed E-state index contributed by atoms with van der Waals surface area (Å²) in [4.78, 5) is 21.4. The third-order valence-corrected chi connectivity index (χ3v) is 5.94. The number of hydrogen-bond donors (Lipinski definition) is 0. The first kappa shape index (κ1) is 20.2. The van der Waals surface area contributed by atoms with E-state index < -0.39 is 0 Å². The van der Waals surface area contributed by atoms with E-state index in [0.717, 1.165) is 32.9 Å². The average molecular weight is 421 g/mol. The molecule has 30 heavy (non-hydrogen) atoms. The Labute approximate surface area is 179 Å². The Hall–Kier alpha value is -3.06. The van der Waals surface area contributed by atoms with Crippen LogP contribution in [0.3, 0.4) is 0 Å². The van der Waals surface area contributed by atoms with Gasteiger partial charge in [-0.15, -0.1) is 11.3 Å². The maximum absolute atomic E-state index is 12.5. The maximum atomic E-state index is 12.5.